The molecule has 0 N–H and O–H groups in total. The summed E-state index contributed by atoms with van der Waals surface area (Å²) in [6, 6.07) is 17.5. The number of hydrogen-bond acceptors (Lipinski definition) is 5. The zero-order valence-electron chi connectivity index (χ0n) is 19.2. The summed E-state index contributed by atoms with van der Waals surface area (Å²) in [7, 11) is -1.84. The van der Waals surface area contributed by atoms with Crippen molar-refractivity contribution in [1.82, 2.24) is 14.2 Å². The summed E-state index contributed by atoms with van der Waals surface area (Å²) in [5, 5.41) is 2.30. The summed E-state index contributed by atoms with van der Waals surface area (Å²) >= 11 is 0. The van der Waals surface area contributed by atoms with E-state index < -0.39 is 10.0 Å². The Hall–Kier alpha value is -2.48. The molecule has 6 nitrogen and oxygen atoms in total. The highest BCUT2D eigenvalue weighted by Crippen LogP contribution is 2.31. The summed E-state index contributed by atoms with van der Waals surface area (Å²) in [5.41, 5.74) is 1.78. The van der Waals surface area contributed by atoms with E-state index in [1.165, 1.54) is 4.31 Å². The number of fused-ring (bicyclic) bond motifs is 1. The molecule has 0 atom stereocenters. The molecule has 4 rings (SSSR count). The molecule has 0 spiro atoms. The lowest BCUT2D eigenvalue weighted by Crippen LogP contribution is -2.46. The highest BCUT2D eigenvalue weighted by Gasteiger charge is 2.21. The minimum Gasteiger partial charge on any atom is -0.354 e. The average molecular weight is 453 g/mol. The van der Waals surface area contributed by atoms with E-state index in [0.29, 0.717) is 11.4 Å². The lowest BCUT2D eigenvalue weighted by Gasteiger charge is -2.35. The molecule has 0 amide bonds. The molecule has 3 aromatic rings. The number of piperazine rings is 1. The van der Waals surface area contributed by atoms with Crippen LogP contribution in [0.1, 0.15) is 20.3 Å². The zero-order chi connectivity index (χ0) is 22.7. The van der Waals surface area contributed by atoms with Crippen molar-refractivity contribution in [3.63, 3.8) is 0 Å². The van der Waals surface area contributed by atoms with E-state index in [4.69, 9.17) is 4.98 Å². The quantitative estimate of drug-likeness (QED) is 0.541. The van der Waals surface area contributed by atoms with Crippen LogP contribution in [0.4, 0.5) is 5.82 Å². The minimum absolute atomic E-state index is 0.314. The van der Waals surface area contributed by atoms with Crippen LogP contribution in [0.25, 0.3) is 22.0 Å². The molecule has 1 aliphatic rings. The van der Waals surface area contributed by atoms with Gasteiger partial charge in [0.15, 0.2) is 0 Å². The number of benzene rings is 2. The van der Waals surface area contributed by atoms with Gasteiger partial charge in [0.2, 0.25) is 10.0 Å². The normalized spacial score (nSPS) is 15.6. The summed E-state index contributed by atoms with van der Waals surface area (Å²) in [5.74, 6) is 1.01. The maximum atomic E-state index is 12.8. The van der Waals surface area contributed by atoms with Gasteiger partial charge in [0, 0.05) is 50.7 Å². The molecule has 170 valence electrons. The van der Waals surface area contributed by atoms with Gasteiger partial charge < -0.3 is 9.80 Å². The van der Waals surface area contributed by atoms with Crippen LogP contribution in [-0.4, -0.2) is 68.9 Å². The second kappa shape index (κ2) is 9.57. The highest BCUT2D eigenvalue weighted by atomic mass is 32.2. The van der Waals surface area contributed by atoms with Gasteiger partial charge in [0.1, 0.15) is 5.82 Å². The van der Waals surface area contributed by atoms with Gasteiger partial charge in [0.05, 0.1) is 10.6 Å². The van der Waals surface area contributed by atoms with Crippen molar-refractivity contribution in [2.45, 2.75) is 25.2 Å². The van der Waals surface area contributed by atoms with Gasteiger partial charge in [-0.2, -0.15) is 0 Å². The van der Waals surface area contributed by atoms with E-state index >= 15 is 0 Å². The van der Waals surface area contributed by atoms with Crippen LogP contribution in [0.2, 0.25) is 0 Å². The molecular weight excluding hydrogens is 420 g/mol. The first-order valence-corrected chi connectivity index (χ1v) is 12.8. The van der Waals surface area contributed by atoms with Crippen molar-refractivity contribution in [3.8, 4) is 11.3 Å². The maximum absolute atomic E-state index is 12.8. The van der Waals surface area contributed by atoms with E-state index in [1.54, 1.807) is 19.2 Å². The molecule has 0 unspecified atom stereocenters. The Labute approximate surface area is 191 Å². The van der Waals surface area contributed by atoms with Gasteiger partial charge in [-0.05, 0) is 36.6 Å². The number of likely N-dealkylation sites (N-methyl/N-ethyl adjacent to an activating group) is 1. The lowest BCUT2D eigenvalue weighted by molar-refractivity contribution is 0.271. The molecule has 2 heterocycles. The van der Waals surface area contributed by atoms with Gasteiger partial charge in [-0.3, -0.25) is 0 Å². The summed E-state index contributed by atoms with van der Waals surface area (Å²) in [4.78, 5) is 10.2. The van der Waals surface area contributed by atoms with Gasteiger partial charge in [0.25, 0.3) is 0 Å². The van der Waals surface area contributed by atoms with Crippen LogP contribution in [0, 0.1) is 0 Å². The van der Waals surface area contributed by atoms with Crippen molar-refractivity contribution in [2.24, 2.45) is 0 Å². The third-order valence-corrected chi connectivity index (χ3v) is 8.11. The summed E-state index contributed by atoms with van der Waals surface area (Å²) in [6.45, 7) is 9.73. The second-order valence-electron chi connectivity index (χ2n) is 8.32. The number of rotatable bonds is 7. The Morgan fingerprint density at radius 2 is 1.66 bits per heavy atom. The van der Waals surface area contributed by atoms with E-state index in [2.05, 4.69) is 41.0 Å². The molecular formula is C25H32N4O2S. The molecule has 32 heavy (non-hydrogen) atoms. The minimum atomic E-state index is -3.47. The zero-order valence-corrected chi connectivity index (χ0v) is 20.0. The lowest BCUT2D eigenvalue weighted by atomic mass is 10.1. The van der Waals surface area contributed by atoms with Crippen LogP contribution in [-0.2, 0) is 10.0 Å². The van der Waals surface area contributed by atoms with E-state index in [0.717, 1.165) is 67.0 Å². The number of aromatic nitrogens is 1. The first-order valence-electron chi connectivity index (χ1n) is 11.4. The van der Waals surface area contributed by atoms with Crippen molar-refractivity contribution in [1.29, 1.82) is 0 Å². The van der Waals surface area contributed by atoms with Crippen LogP contribution in [0.3, 0.4) is 0 Å². The third-order valence-electron chi connectivity index (χ3n) is 6.24. The van der Waals surface area contributed by atoms with Crippen LogP contribution < -0.4 is 4.90 Å². The van der Waals surface area contributed by atoms with E-state index in [9.17, 15) is 8.42 Å². The molecule has 0 bridgehead atoms. The average Bonchev–Trinajstić information content (AvgIpc) is 2.83. The van der Waals surface area contributed by atoms with Crippen molar-refractivity contribution < 1.29 is 8.42 Å². The smallest absolute Gasteiger partial charge is 0.242 e. The van der Waals surface area contributed by atoms with Gasteiger partial charge in [-0.15, -0.1) is 0 Å². The fourth-order valence-corrected chi connectivity index (χ4v) is 5.52. The largest absolute Gasteiger partial charge is 0.354 e. The summed E-state index contributed by atoms with van der Waals surface area (Å²) < 4.78 is 26.9. The van der Waals surface area contributed by atoms with Crippen molar-refractivity contribution in [2.75, 3.05) is 51.2 Å². The molecule has 7 heteroatoms. The number of nitrogens with zero attached hydrogens (tertiary/aromatic N) is 4. The van der Waals surface area contributed by atoms with Gasteiger partial charge in [-0.25, -0.2) is 17.7 Å². The Kier molecular flexibility index (Phi) is 6.79. The fourth-order valence-electron chi connectivity index (χ4n) is 4.26. The summed E-state index contributed by atoms with van der Waals surface area (Å²) in [6.07, 6.45) is 0.782. The number of anilines is 1. The van der Waals surface area contributed by atoms with Gasteiger partial charge in [-0.1, -0.05) is 50.2 Å². The topological polar surface area (TPSA) is 56.8 Å². The first kappa shape index (κ1) is 22.7. The van der Waals surface area contributed by atoms with Crippen LogP contribution >= 0.6 is 0 Å². The monoisotopic (exact) mass is 452 g/mol. The van der Waals surface area contributed by atoms with Crippen molar-refractivity contribution in [3.05, 3.63) is 54.6 Å². The van der Waals surface area contributed by atoms with E-state index in [1.807, 2.05) is 25.1 Å². The third kappa shape index (κ3) is 4.51. The van der Waals surface area contributed by atoms with Crippen LogP contribution in [0.5, 0.6) is 0 Å². The van der Waals surface area contributed by atoms with Gasteiger partial charge >= 0.3 is 0 Å². The molecule has 0 saturated carbocycles. The Morgan fingerprint density at radius 1 is 0.969 bits per heavy atom. The number of hydrogen-bond donors (Lipinski definition) is 0. The molecule has 1 fully saturated rings. The number of pyridine rings is 1. The Balaban J connectivity index is 1.69. The van der Waals surface area contributed by atoms with Crippen molar-refractivity contribution >= 4 is 26.6 Å². The molecule has 0 aliphatic carbocycles. The van der Waals surface area contributed by atoms with E-state index in [-0.39, 0.29) is 0 Å². The predicted molar refractivity (Wildman–Crippen MR) is 132 cm³/mol. The maximum Gasteiger partial charge on any atom is 0.242 e. The molecule has 1 saturated heterocycles. The Morgan fingerprint density at radius 3 is 2.31 bits per heavy atom. The second-order valence-corrected chi connectivity index (χ2v) is 10.4. The predicted octanol–water partition coefficient (Wildman–Crippen LogP) is 4.07. The SMILES string of the molecule is CCCN(C)S(=O)(=O)c1ccc(-c2cc3ccccc3c(N3CCN(CC)CC3)n2)cc1. The standard InChI is InChI=1S/C25H32N4O2S/c1-4-14-27(3)32(30,31)22-12-10-20(11-13-22)24-19-21-8-6-7-9-23(21)25(26-24)29-17-15-28(5-2)16-18-29/h6-13,19H,4-5,14-18H2,1-3H3. The fraction of sp³-hybridized carbons (Fsp3) is 0.400. The van der Waals surface area contributed by atoms with Crippen LogP contribution in [0.15, 0.2) is 59.5 Å². The Bertz CT molecular complexity index is 1170. The molecule has 1 aromatic heterocycles. The highest BCUT2D eigenvalue weighted by molar-refractivity contribution is 7.89. The first-order chi connectivity index (χ1) is 15.4. The molecule has 1 aliphatic heterocycles. The number of sulfonamides is 1. The molecule has 2 aromatic carbocycles. The molecule has 0 radical (unpaired) electrons.